The second kappa shape index (κ2) is 7.02. The van der Waals surface area contributed by atoms with Gasteiger partial charge in [0.25, 0.3) is 0 Å². The van der Waals surface area contributed by atoms with Crippen molar-refractivity contribution in [2.24, 2.45) is 7.05 Å². The molecule has 2 aromatic heterocycles. The van der Waals surface area contributed by atoms with Crippen LogP contribution >= 0.6 is 23.2 Å². The first-order chi connectivity index (χ1) is 13.0. The van der Waals surface area contributed by atoms with E-state index in [1.807, 2.05) is 25.2 Å². The molecule has 0 radical (unpaired) electrons. The zero-order valence-electron chi connectivity index (χ0n) is 14.0. The van der Waals surface area contributed by atoms with Crippen molar-refractivity contribution >= 4 is 57.2 Å². The predicted octanol–water partition coefficient (Wildman–Crippen LogP) is 5.30. The van der Waals surface area contributed by atoms with Crippen LogP contribution in [0.1, 0.15) is 0 Å². The van der Waals surface area contributed by atoms with Crippen molar-refractivity contribution in [2.75, 3.05) is 10.6 Å². The van der Waals surface area contributed by atoms with Crippen LogP contribution < -0.4 is 10.6 Å². The molecule has 0 aliphatic carbocycles. The van der Waals surface area contributed by atoms with Gasteiger partial charge in [0.05, 0.1) is 28.0 Å². The quantitative estimate of drug-likeness (QED) is 0.484. The Balaban J connectivity index is 1.59. The fraction of sp³-hybridized carbons (Fsp3) is 0.0556. The SMILES string of the molecule is Cn1ncc2cc(Nc3ncc(F)c(Nc4ccc(Cl)c(Cl)c4)n3)ccc21. The van der Waals surface area contributed by atoms with E-state index in [1.165, 1.54) is 0 Å². The van der Waals surface area contributed by atoms with Gasteiger partial charge in [-0.25, -0.2) is 9.37 Å². The molecule has 0 amide bonds. The van der Waals surface area contributed by atoms with E-state index in [2.05, 4.69) is 25.7 Å². The normalized spacial score (nSPS) is 11.0. The van der Waals surface area contributed by atoms with Crippen molar-refractivity contribution in [3.8, 4) is 0 Å². The van der Waals surface area contributed by atoms with Crippen LogP contribution in [0.15, 0.2) is 48.8 Å². The van der Waals surface area contributed by atoms with E-state index in [4.69, 9.17) is 23.2 Å². The third-order valence-corrected chi connectivity index (χ3v) is 4.67. The van der Waals surface area contributed by atoms with Crippen LogP contribution in [0.25, 0.3) is 10.9 Å². The molecule has 0 spiro atoms. The highest BCUT2D eigenvalue weighted by Gasteiger charge is 2.09. The van der Waals surface area contributed by atoms with Crippen molar-refractivity contribution in [2.45, 2.75) is 0 Å². The second-order valence-electron chi connectivity index (χ2n) is 5.81. The number of fused-ring (bicyclic) bond motifs is 1. The Bertz CT molecular complexity index is 1140. The molecule has 4 rings (SSSR count). The summed E-state index contributed by atoms with van der Waals surface area (Å²) < 4.78 is 15.9. The molecular formula is C18H13Cl2FN6. The molecule has 0 saturated carbocycles. The number of rotatable bonds is 4. The van der Waals surface area contributed by atoms with Gasteiger partial charge in [-0.3, -0.25) is 4.68 Å². The smallest absolute Gasteiger partial charge is 0.229 e. The molecule has 6 nitrogen and oxygen atoms in total. The third-order valence-electron chi connectivity index (χ3n) is 3.93. The Labute approximate surface area is 164 Å². The van der Waals surface area contributed by atoms with Gasteiger partial charge < -0.3 is 10.6 Å². The largest absolute Gasteiger partial charge is 0.338 e. The Kier molecular flexibility index (Phi) is 4.55. The molecule has 2 N–H and O–H groups in total. The average molecular weight is 403 g/mol. The van der Waals surface area contributed by atoms with Crippen LogP contribution in [0.4, 0.5) is 27.5 Å². The lowest BCUT2D eigenvalue weighted by Crippen LogP contribution is -2.03. The Morgan fingerprint density at radius 1 is 0.963 bits per heavy atom. The number of aromatic nitrogens is 4. The number of hydrogen-bond acceptors (Lipinski definition) is 5. The van der Waals surface area contributed by atoms with Gasteiger partial charge in [0, 0.05) is 23.8 Å². The lowest BCUT2D eigenvalue weighted by atomic mass is 10.2. The molecule has 0 aliphatic rings. The summed E-state index contributed by atoms with van der Waals surface area (Å²) in [7, 11) is 1.87. The standard InChI is InChI=1S/C18H13Cl2FN6/c1-27-16-5-3-11(6-10(16)8-23-27)25-18-22-9-15(21)17(26-18)24-12-2-4-13(19)14(20)7-12/h2-9H,1H3,(H2,22,24,25,26). The van der Waals surface area contributed by atoms with Crippen molar-refractivity contribution in [3.05, 3.63) is 64.7 Å². The molecule has 0 saturated heterocycles. The number of nitrogens with zero attached hydrogens (tertiary/aromatic N) is 4. The summed E-state index contributed by atoms with van der Waals surface area (Å²) in [5.41, 5.74) is 2.33. The van der Waals surface area contributed by atoms with Crippen molar-refractivity contribution in [3.63, 3.8) is 0 Å². The van der Waals surface area contributed by atoms with Crippen LogP contribution in [0.5, 0.6) is 0 Å². The maximum Gasteiger partial charge on any atom is 0.229 e. The minimum Gasteiger partial charge on any atom is -0.338 e. The van der Waals surface area contributed by atoms with E-state index < -0.39 is 5.82 Å². The molecule has 0 aliphatic heterocycles. The molecule has 2 heterocycles. The minimum atomic E-state index is -0.589. The number of halogens is 3. The van der Waals surface area contributed by atoms with Gasteiger partial charge in [0.1, 0.15) is 0 Å². The van der Waals surface area contributed by atoms with Gasteiger partial charge >= 0.3 is 0 Å². The summed E-state index contributed by atoms with van der Waals surface area (Å²) in [6, 6.07) is 10.6. The highest BCUT2D eigenvalue weighted by Crippen LogP contribution is 2.28. The summed E-state index contributed by atoms with van der Waals surface area (Å²) in [6.45, 7) is 0. The van der Waals surface area contributed by atoms with Crippen molar-refractivity contribution < 1.29 is 4.39 Å². The molecule has 27 heavy (non-hydrogen) atoms. The number of aryl methyl sites for hydroxylation is 1. The van der Waals surface area contributed by atoms with Gasteiger partial charge in [0.2, 0.25) is 5.95 Å². The Morgan fingerprint density at radius 2 is 1.74 bits per heavy atom. The van der Waals surface area contributed by atoms with E-state index in [0.29, 0.717) is 15.7 Å². The molecule has 0 unspecified atom stereocenters. The van der Waals surface area contributed by atoms with Crippen LogP contribution in [0, 0.1) is 5.82 Å². The Hall–Kier alpha value is -2.90. The molecule has 0 atom stereocenters. The first-order valence-electron chi connectivity index (χ1n) is 7.93. The number of nitrogens with one attached hydrogen (secondary N) is 2. The molecular weight excluding hydrogens is 390 g/mol. The average Bonchev–Trinajstić information content (AvgIpc) is 3.01. The van der Waals surface area contributed by atoms with E-state index in [-0.39, 0.29) is 11.8 Å². The monoisotopic (exact) mass is 402 g/mol. The molecule has 4 aromatic rings. The molecule has 136 valence electrons. The van der Waals surface area contributed by atoms with Gasteiger partial charge in [0.15, 0.2) is 11.6 Å². The lowest BCUT2D eigenvalue weighted by Gasteiger charge is -2.10. The first kappa shape index (κ1) is 17.5. The van der Waals surface area contributed by atoms with Crippen molar-refractivity contribution in [1.29, 1.82) is 0 Å². The minimum absolute atomic E-state index is 0.0216. The fourth-order valence-corrected chi connectivity index (χ4v) is 2.89. The zero-order chi connectivity index (χ0) is 19.0. The molecule has 0 fully saturated rings. The topological polar surface area (TPSA) is 67.7 Å². The van der Waals surface area contributed by atoms with Crippen LogP contribution in [-0.4, -0.2) is 19.7 Å². The summed E-state index contributed by atoms with van der Waals surface area (Å²) >= 11 is 11.9. The van der Waals surface area contributed by atoms with Gasteiger partial charge in [-0.2, -0.15) is 10.1 Å². The summed E-state index contributed by atoms with van der Waals surface area (Å²) in [5.74, 6) is -0.315. The number of hydrogen-bond donors (Lipinski definition) is 2. The predicted molar refractivity (Wildman–Crippen MR) is 106 cm³/mol. The van der Waals surface area contributed by atoms with Gasteiger partial charge in [-0.1, -0.05) is 23.2 Å². The van der Waals surface area contributed by atoms with Crippen LogP contribution in [-0.2, 0) is 7.05 Å². The van der Waals surface area contributed by atoms with Gasteiger partial charge in [-0.15, -0.1) is 0 Å². The molecule has 0 bridgehead atoms. The molecule has 2 aromatic carbocycles. The van der Waals surface area contributed by atoms with Crippen molar-refractivity contribution in [1.82, 2.24) is 19.7 Å². The van der Waals surface area contributed by atoms with E-state index in [0.717, 1.165) is 22.8 Å². The van der Waals surface area contributed by atoms with E-state index in [9.17, 15) is 4.39 Å². The maximum absolute atomic E-state index is 14.1. The van der Waals surface area contributed by atoms with Crippen LogP contribution in [0.2, 0.25) is 10.0 Å². The summed E-state index contributed by atoms with van der Waals surface area (Å²) in [6.07, 6.45) is 2.86. The highest BCUT2D eigenvalue weighted by molar-refractivity contribution is 6.42. The van der Waals surface area contributed by atoms with Gasteiger partial charge in [-0.05, 0) is 36.4 Å². The summed E-state index contributed by atoms with van der Waals surface area (Å²) in [5, 5.41) is 11.9. The summed E-state index contributed by atoms with van der Waals surface area (Å²) in [4.78, 5) is 8.18. The van der Waals surface area contributed by atoms with E-state index >= 15 is 0 Å². The van der Waals surface area contributed by atoms with Crippen LogP contribution in [0.3, 0.4) is 0 Å². The lowest BCUT2D eigenvalue weighted by molar-refractivity contribution is 0.619. The zero-order valence-corrected chi connectivity index (χ0v) is 15.6. The highest BCUT2D eigenvalue weighted by atomic mass is 35.5. The number of anilines is 4. The fourth-order valence-electron chi connectivity index (χ4n) is 2.60. The Morgan fingerprint density at radius 3 is 2.56 bits per heavy atom. The third kappa shape index (κ3) is 3.65. The first-order valence-corrected chi connectivity index (χ1v) is 8.68. The number of benzene rings is 2. The van der Waals surface area contributed by atoms with E-state index in [1.54, 1.807) is 29.1 Å². The molecule has 9 heteroatoms. The second-order valence-corrected chi connectivity index (χ2v) is 6.63. The maximum atomic E-state index is 14.1.